The van der Waals surface area contributed by atoms with Crippen molar-refractivity contribution in [2.24, 2.45) is 0 Å². The molecule has 0 spiro atoms. The number of rotatable bonds is 0. The van der Waals surface area contributed by atoms with Crippen molar-refractivity contribution in [2.45, 2.75) is 0 Å². The fourth-order valence-corrected chi connectivity index (χ4v) is 0. The largest absolute Gasteiger partial charge is 2.00 e. The van der Waals surface area contributed by atoms with E-state index in [9.17, 15) is 0 Å². The molecule has 0 fully saturated rings. The predicted molar refractivity (Wildman–Crippen MR) is 18.8 cm³/mol. The summed E-state index contributed by atoms with van der Waals surface area (Å²) in [7, 11) is -2.17. The third-order valence-corrected chi connectivity index (χ3v) is 0. The minimum atomic E-state index is -1.08. The first-order valence-electron chi connectivity index (χ1n) is 0.730. The van der Waals surface area contributed by atoms with E-state index in [1.165, 1.54) is 0 Å². The molecule has 0 rings (SSSR count). The third kappa shape index (κ3) is 441. The van der Waals surface area contributed by atoms with Gasteiger partial charge in [0.2, 0.25) is 0 Å². The molecule has 0 aromatic heterocycles. The molecule has 0 aliphatic carbocycles. The van der Waals surface area contributed by atoms with Crippen LogP contribution in [-0.4, -0.2) is 5.48 Å². The summed E-state index contributed by atoms with van der Waals surface area (Å²) in [6, 6.07) is 0. The normalized spacial score (nSPS) is 5.25. The summed E-state index contributed by atoms with van der Waals surface area (Å²) in [4.78, 5) is 16.7. The van der Waals surface area contributed by atoms with E-state index in [2.05, 4.69) is 0 Å². The Kier molecular flexibility index (Phi) is 138. The smallest absolute Gasteiger partial charge is 0.772 e. The van der Waals surface area contributed by atoms with Gasteiger partial charge in [0.1, 0.15) is 0 Å². The van der Waals surface area contributed by atoms with Crippen molar-refractivity contribution in [1.82, 2.24) is 0 Å². The molecule has 0 heterocycles. The molecule has 5 nitrogen and oxygen atoms in total. The van der Waals surface area contributed by atoms with Gasteiger partial charge in [0.15, 0.2) is 0 Å². The van der Waals surface area contributed by atoms with Gasteiger partial charge in [0.05, 0.1) is 17.4 Å². The van der Waals surface area contributed by atoms with Gasteiger partial charge in [-0.25, -0.2) is 0 Å². The van der Waals surface area contributed by atoms with E-state index >= 15 is 0 Å². The van der Waals surface area contributed by atoms with Gasteiger partial charge in [0.25, 0.3) is 0 Å². The molecular formula is H2O5P2Zn. The molecule has 8 heavy (non-hydrogen) atoms. The average Bonchev–Trinajstić information content (AvgIpc) is 1.39. The first kappa shape index (κ1) is 23.3. The molecule has 0 radical (unpaired) electrons. The quantitative estimate of drug-likeness (QED) is 0.349. The Hall–Kier alpha value is 0.703. The van der Waals surface area contributed by atoms with Crippen LogP contribution in [0, 0.1) is 0 Å². The molecule has 0 aromatic rings. The summed E-state index contributed by atoms with van der Waals surface area (Å²) in [5, 5.41) is 0. The molecule has 0 amide bonds. The molecule has 0 bridgehead atoms. The fraction of sp³-hybridized carbons (Fsp3) is 0. The van der Waals surface area contributed by atoms with Gasteiger partial charge in [0, 0.05) is 0 Å². The molecule has 0 aliphatic rings. The molecule has 44 valence electrons. The molecular weight excluding hydrogens is 207 g/mol. The number of hydrogen-bond donors (Lipinski definition) is 0. The van der Waals surface area contributed by atoms with Crippen molar-refractivity contribution in [1.29, 1.82) is 0 Å². The summed E-state index contributed by atoms with van der Waals surface area (Å²) >= 11 is 0. The van der Waals surface area contributed by atoms with Crippen molar-refractivity contribution >= 4 is 17.4 Å². The van der Waals surface area contributed by atoms with Crippen LogP contribution in [0.1, 0.15) is 0 Å². The van der Waals surface area contributed by atoms with E-state index in [0.29, 0.717) is 0 Å². The molecule has 0 unspecified atom stereocenters. The minimum Gasteiger partial charge on any atom is -0.772 e. The van der Waals surface area contributed by atoms with Gasteiger partial charge in [-0.3, -0.25) is 9.13 Å². The topological polar surface area (TPSA) is 112 Å². The van der Waals surface area contributed by atoms with Crippen LogP contribution < -0.4 is 9.79 Å². The van der Waals surface area contributed by atoms with E-state index in [-0.39, 0.29) is 25.0 Å². The standard InChI is InChI=1S/2HO2P.H2O.Zn/c2*1-3-2;;/h2*(H,1,2);1H2;/q;;;+2/p-2. The molecule has 0 atom stereocenters. The maximum Gasteiger partial charge on any atom is 2.00 e. The SMILES string of the molecule is O.O=P[O-].O=P[O-].[Zn+2]. The Morgan fingerprint density at radius 1 is 1.00 bits per heavy atom. The van der Waals surface area contributed by atoms with E-state index < -0.39 is 17.4 Å². The van der Waals surface area contributed by atoms with E-state index in [0.717, 1.165) is 0 Å². The summed E-state index contributed by atoms with van der Waals surface area (Å²) in [5.74, 6) is 0. The van der Waals surface area contributed by atoms with Crippen molar-refractivity contribution in [3.63, 3.8) is 0 Å². The second kappa shape index (κ2) is 47.4. The molecule has 8 heteroatoms. The summed E-state index contributed by atoms with van der Waals surface area (Å²) in [6.07, 6.45) is 0. The van der Waals surface area contributed by atoms with Crippen molar-refractivity contribution < 1.29 is 43.9 Å². The first-order valence-corrected chi connectivity index (χ1v) is 2.19. The average molecular weight is 209 g/mol. The van der Waals surface area contributed by atoms with Crippen molar-refractivity contribution in [3.05, 3.63) is 0 Å². The molecule has 0 saturated carbocycles. The molecule has 2 N–H and O–H groups in total. The Morgan fingerprint density at radius 3 is 1.00 bits per heavy atom. The zero-order chi connectivity index (χ0) is 5.41. The number of hydrogen-bond acceptors (Lipinski definition) is 4. The maximum absolute atomic E-state index is 8.35. The first-order chi connectivity index (χ1) is 2.83. The van der Waals surface area contributed by atoms with E-state index in [4.69, 9.17) is 18.9 Å². The van der Waals surface area contributed by atoms with Gasteiger partial charge in [-0.15, -0.1) is 0 Å². The predicted octanol–water partition coefficient (Wildman–Crippen LogP) is -1.72. The summed E-state index contributed by atoms with van der Waals surface area (Å²) in [5.41, 5.74) is 0. The van der Waals surface area contributed by atoms with Crippen LogP contribution >= 0.6 is 17.4 Å². The second-order valence-electron chi connectivity index (χ2n) is 0.149. The molecule has 0 aliphatic heterocycles. The van der Waals surface area contributed by atoms with E-state index in [1.807, 2.05) is 0 Å². The fourth-order valence-electron chi connectivity index (χ4n) is 0. The Labute approximate surface area is 61.7 Å². The molecule has 0 saturated heterocycles. The van der Waals surface area contributed by atoms with E-state index in [1.54, 1.807) is 0 Å². The van der Waals surface area contributed by atoms with Crippen LogP contribution in [0.15, 0.2) is 0 Å². The third-order valence-electron chi connectivity index (χ3n) is 0. The Balaban J connectivity index is -0.0000000160. The van der Waals surface area contributed by atoms with Gasteiger partial charge in [-0.1, -0.05) is 0 Å². The van der Waals surface area contributed by atoms with Crippen LogP contribution in [0.2, 0.25) is 0 Å². The summed E-state index contributed by atoms with van der Waals surface area (Å²) in [6.45, 7) is 0. The van der Waals surface area contributed by atoms with Gasteiger partial charge < -0.3 is 15.3 Å². The van der Waals surface area contributed by atoms with Crippen LogP contribution in [0.4, 0.5) is 0 Å². The van der Waals surface area contributed by atoms with Gasteiger partial charge >= 0.3 is 19.5 Å². The van der Waals surface area contributed by atoms with Crippen LogP contribution in [0.5, 0.6) is 0 Å². The zero-order valence-corrected chi connectivity index (χ0v) is 8.49. The van der Waals surface area contributed by atoms with Crippen LogP contribution in [0.25, 0.3) is 0 Å². The minimum absolute atomic E-state index is 0. The van der Waals surface area contributed by atoms with Crippen LogP contribution in [0.3, 0.4) is 0 Å². The van der Waals surface area contributed by atoms with Gasteiger partial charge in [-0.05, 0) is 0 Å². The maximum atomic E-state index is 8.35. The van der Waals surface area contributed by atoms with Gasteiger partial charge in [-0.2, -0.15) is 0 Å². The zero-order valence-electron chi connectivity index (χ0n) is 3.73. The molecule has 0 aromatic carbocycles. The monoisotopic (exact) mass is 208 g/mol. The second-order valence-corrected chi connectivity index (χ2v) is 0.447. The van der Waals surface area contributed by atoms with Crippen molar-refractivity contribution in [3.8, 4) is 0 Å². The van der Waals surface area contributed by atoms with Crippen molar-refractivity contribution in [2.75, 3.05) is 0 Å². The Bertz CT molecular complexity index is 31.4. The summed E-state index contributed by atoms with van der Waals surface area (Å²) < 4.78 is 16.7. The Morgan fingerprint density at radius 2 is 1.00 bits per heavy atom. The van der Waals surface area contributed by atoms with Crippen LogP contribution in [-0.2, 0) is 28.6 Å².